The van der Waals surface area contributed by atoms with Crippen LogP contribution in [0.5, 0.6) is 0 Å². The standard InChI is InChI=1S/C11H21N3O/c1-11(4-2-3-5-13-11)10(15)14-8-6-12-7-9-14/h12-13H,2-9H2,1H3. The summed E-state index contributed by atoms with van der Waals surface area (Å²) in [4.78, 5) is 14.3. The van der Waals surface area contributed by atoms with Crippen molar-refractivity contribution in [2.45, 2.75) is 31.7 Å². The highest BCUT2D eigenvalue weighted by molar-refractivity contribution is 5.86. The van der Waals surface area contributed by atoms with Crippen LogP contribution in [0.1, 0.15) is 26.2 Å². The summed E-state index contributed by atoms with van der Waals surface area (Å²) in [5.74, 6) is 0.295. The Morgan fingerprint density at radius 3 is 2.53 bits per heavy atom. The molecule has 0 radical (unpaired) electrons. The lowest BCUT2D eigenvalue weighted by Crippen LogP contribution is -2.60. The Morgan fingerprint density at radius 1 is 1.20 bits per heavy atom. The SMILES string of the molecule is CC1(C(=O)N2CCNCC2)CCCCN1. The van der Waals surface area contributed by atoms with Gasteiger partial charge < -0.3 is 15.5 Å². The maximum atomic E-state index is 12.3. The minimum Gasteiger partial charge on any atom is -0.339 e. The lowest BCUT2D eigenvalue weighted by Gasteiger charge is -2.39. The van der Waals surface area contributed by atoms with E-state index in [0.717, 1.165) is 39.1 Å². The number of rotatable bonds is 1. The van der Waals surface area contributed by atoms with Crippen LogP contribution in [0.3, 0.4) is 0 Å². The van der Waals surface area contributed by atoms with Gasteiger partial charge in [-0.25, -0.2) is 0 Å². The predicted octanol–water partition coefficient (Wildman–Crippen LogP) is -0.0496. The van der Waals surface area contributed by atoms with E-state index in [9.17, 15) is 4.79 Å². The Bertz CT molecular complexity index is 230. The highest BCUT2D eigenvalue weighted by Crippen LogP contribution is 2.21. The molecule has 4 nitrogen and oxygen atoms in total. The molecule has 2 heterocycles. The molecule has 1 atom stereocenters. The molecule has 0 spiro atoms. The van der Waals surface area contributed by atoms with Crippen molar-refractivity contribution in [3.8, 4) is 0 Å². The summed E-state index contributed by atoms with van der Waals surface area (Å²) in [5.41, 5.74) is -0.296. The van der Waals surface area contributed by atoms with Crippen LogP contribution < -0.4 is 10.6 Å². The number of carbonyl (C=O) groups excluding carboxylic acids is 1. The first-order valence-electron chi connectivity index (χ1n) is 5.97. The third-order valence-corrected chi connectivity index (χ3v) is 3.49. The van der Waals surface area contributed by atoms with Crippen LogP contribution in [-0.2, 0) is 4.79 Å². The van der Waals surface area contributed by atoms with E-state index in [1.54, 1.807) is 0 Å². The molecule has 0 aromatic carbocycles. The van der Waals surface area contributed by atoms with Crippen LogP contribution in [0.25, 0.3) is 0 Å². The molecule has 2 fully saturated rings. The molecule has 4 heteroatoms. The highest BCUT2D eigenvalue weighted by Gasteiger charge is 2.37. The summed E-state index contributed by atoms with van der Waals surface area (Å²) in [5, 5.41) is 6.65. The van der Waals surface area contributed by atoms with Gasteiger partial charge in [0.1, 0.15) is 0 Å². The van der Waals surface area contributed by atoms with E-state index in [2.05, 4.69) is 17.6 Å². The normalized spacial score (nSPS) is 32.7. The average Bonchev–Trinajstić information content (AvgIpc) is 2.30. The van der Waals surface area contributed by atoms with Crippen molar-refractivity contribution in [2.24, 2.45) is 0 Å². The van der Waals surface area contributed by atoms with Gasteiger partial charge in [-0.3, -0.25) is 4.79 Å². The van der Waals surface area contributed by atoms with E-state index in [0.29, 0.717) is 5.91 Å². The largest absolute Gasteiger partial charge is 0.339 e. The Balaban J connectivity index is 1.98. The minimum absolute atomic E-state index is 0.295. The van der Waals surface area contributed by atoms with Gasteiger partial charge in [0.15, 0.2) is 0 Å². The van der Waals surface area contributed by atoms with E-state index in [1.165, 1.54) is 12.8 Å². The van der Waals surface area contributed by atoms with Gasteiger partial charge >= 0.3 is 0 Å². The molecular weight excluding hydrogens is 190 g/mol. The van der Waals surface area contributed by atoms with Crippen LogP contribution in [0.4, 0.5) is 0 Å². The Labute approximate surface area is 91.4 Å². The van der Waals surface area contributed by atoms with Gasteiger partial charge in [0.05, 0.1) is 5.54 Å². The molecule has 2 aliphatic heterocycles. The van der Waals surface area contributed by atoms with Crippen molar-refractivity contribution in [2.75, 3.05) is 32.7 Å². The molecule has 0 aromatic heterocycles. The summed E-state index contributed by atoms with van der Waals surface area (Å²) < 4.78 is 0. The molecule has 0 saturated carbocycles. The molecule has 2 N–H and O–H groups in total. The van der Waals surface area contributed by atoms with E-state index in [-0.39, 0.29) is 5.54 Å². The van der Waals surface area contributed by atoms with Gasteiger partial charge in [-0.15, -0.1) is 0 Å². The number of hydrogen-bond acceptors (Lipinski definition) is 3. The van der Waals surface area contributed by atoms with Crippen LogP contribution in [0.15, 0.2) is 0 Å². The van der Waals surface area contributed by atoms with Crippen molar-refractivity contribution in [3.05, 3.63) is 0 Å². The second-order valence-electron chi connectivity index (χ2n) is 4.76. The van der Waals surface area contributed by atoms with Crippen LogP contribution >= 0.6 is 0 Å². The van der Waals surface area contributed by atoms with Gasteiger partial charge in [0.2, 0.25) is 5.91 Å². The monoisotopic (exact) mass is 211 g/mol. The van der Waals surface area contributed by atoms with Gasteiger partial charge in [0, 0.05) is 26.2 Å². The first-order chi connectivity index (χ1) is 7.22. The van der Waals surface area contributed by atoms with Gasteiger partial charge in [-0.2, -0.15) is 0 Å². The number of carbonyl (C=O) groups is 1. The van der Waals surface area contributed by atoms with E-state index in [4.69, 9.17) is 0 Å². The third-order valence-electron chi connectivity index (χ3n) is 3.49. The minimum atomic E-state index is -0.296. The number of piperazine rings is 1. The second kappa shape index (κ2) is 4.49. The van der Waals surface area contributed by atoms with Crippen molar-refractivity contribution in [3.63, 3.8) is 0 Å². The zero-order chi connectivity index (χ0) is 10.7. The van der Waals surface area contributed by atoms with Crippen LogP contribution in [0.2, 0.25) is 0 Å². The molecule has 2 rings (SSSR count). The van der Waals surface area contributed by atoms with Crippen molar-refractivity contribution < 1.29 is 4.79 Å². The maximum Gasteiger partial charge on any atom is 0.242 e. The van der Waals surface area contributed by atoms with Crippen LogP contribution in [-0.4, -0.2) is 49.1 Å². The molecular formula is C11H21N3O. The highest BCUT2D eigenvalue weighted by atomic mass is 16.2. The number of piperidine rings is 1. The maximum absolute atomic E-state index is 12.3. The molecule has 15 heavy (non-hydrogen) atoms. The molecule has 2 saturated heterocycles. The summed E-state index contributed by atoms with van der Waals surface area (Å²) in [6.45, 7) is 6.61. The van der Waals surface area contributed by atoms with E-state index in [1.807, 2.05) is 4.90 Å². The van der Waals surface area contributed by atoms with Gasteiger partial charge in [-0.05, 0) is 32.7 Å². The van der Waals surface area contributed by atoms with E-state index < -0.39 is 0 Å². The number of hydrogen-bond donors (Lipinski definition) is 2. The molecule has 2 aliphatic rings. The fourth-order valence-electron chi connectivity index (χ4n) is 2.46. The molecule has 0 aromatic rings. The summed E-state index contributed by atoms with van der Waals surface area (Å²) in [7, 11) is 0. The first-order valence-corrected chi connectivity index (χ1v) is 5.97. The van der Waals surface area contributed by atoms with Crippen molar-refractivity contribution in [1.29, 1.82) is 0 Å². The fourth-order valence-corrected chi connectivity index (χ4v) is 2.46. The summed E-state index contributed by atoms with van der Waals surface area (Å²) >= 11 is 0. The molecule has 0 aliphatic carbocycles. The van der Waals surface area contributed by atoms with Crippen molar-refractivity contribution in [1.82, 2.24) is 15.5 Å². The number of nitrogens with zero attached hydrogens (tertiary/aromatic N) is 1. The number of amides is 1. The fraction of sp³-hybridized carbons (Fsp3) is 0.909. The summed E-state index contributed by atoms with van der Waals surface area (Å²) in [6, 6.07) is 0. The van der Waals surface area contributed by atoms with E-state index >= 15 is 0 Å². The Hall–Kier alpha value is -0.610. The third kappa shape index (κ3) is 2.32. The van der Waals surface area contributed by atoms with Crippen molar-refractivity contribution >= 4 is 5.91 Å². The molecule has 1 unspecified atom stereocenters. The molecule has 86 valence electrons. The second-order valence-corrected chi connectivity index (χ2v) is 4.76. The van der Waals surface area contributed by atoms with Gasteiger partial charge in [0.25, 0.3) is 0 Å². The topological polar surface area (TPSA) is 44.4 Å². The number of nitrogens with one attached hydrogen (secondary N) is 2. The van der Waals surface area contributed by atoms with Crippen LogP contribution in [0, 0.1) is 0 Å². The molecule has 0 bridgehead atoms. The zero-order valence-electron chi connectivity index (χ0n) is 9.51. The quantitative estimate of drug-likeness (QED) is 0.639. The predicted molar refractivity (Wildman–Crippen MR) is 59.7 cm³/mol. The Kier molecular flexibility index (Phi) is 3.26. The molecule has 1 amide bonds. The smallest absolute Gasteiger partial charge is 0.242 e. The first kappa shape index (κ1) is 10.9. The lowest BCUT2D eigenvalue weighted by molar-refractivity contribution is -0.139. The lowest BCUT2D eigenvalue weighted by atomic mass is 9.89. The average molecular weight is 211 g/mol. The zero-order valence-corrected chi connectivity index (χ0v) is 9.51. The summed E-state index contributed by atoms with van der Waals surface area (Å²) in [6.07, 6.45) is 3.35. The van der Waals surface area contributed by atoms with Gasteiger partial charge in [-0.1, -0.05) is 0 Å². The Morgan fingerprint density at radius 2 is 1.93 bits per heavy atom.